The van der Waals surface area contributed by atoms with Gasteiger partial charge in [-0.15, -0.1) is 0 Å². The van der Waals surface area contributed by atoms with Crippen molar-refractivity contribution in [1.29, 1.82) is 0 Å². The van der Waals surface area contributed by atoms with Crippen molar-refractivity contribution in [2.45, 2.75) is 0 Å². The van der Waals surface area contributed by atoms with E-state index >= 15 is 0 Å². The van der Waals surface area contributed by atoms with Gasteiger partial charge >= 0.3 is 7.12 Å². The van der Waals surface area contributed by atoms with Gasteiger partial charge in [-0.05, 0) is 22.0 Å². The Kier molecular flexibility index (Phi) is 2.42. The van der Waals surface area contributed by atoms with E-state index in [9.17, 15) is 0 Å². The summed E-state index contributed by atoms with van der Waals surface area (Å²) >= 11 is 3.07. The van der Waals surface area contributed by atoms with Crippen LogP contribution in [-0.4, -0.2) is 22.2 Å². The number of hydrogen-bond donors (Lipinski definition) is 2. The van der Waals surface area contributed by atoms with Gasteiger partial charge in [0.05, 0.1) is 0 Å². The van der Waals surface area contributed by atoms with Gasteiger partial charge in [0.1, 0.15) is 4.60 Å². The lowest BCUT2D eigenvalue weighted by atomic mass is 9.82. The molecule has 0 fully saturated rings. The smallest absolute Gasteiger partial charge is 0.423 e. The molecule has 1 heterocycles. The first-order valence-electron chi connectivity index (χ1n) is 2.68. The van der Waals surface area contributed by atoms with Crippen LogP contribution in [0.5, 0.6) is 0 Å². The van der Waals surface area contributed by atoms with Gasteiger partial charge in [-0.25, -0.2) is 4.98 Å². The summed E-state index contributed by atoms with van der Waals surface area (Å²) in [5.74, 6) is 0. The van der Waals surface area contributed by atoms with Crippen molar-refractivity contribution < 1.29 is 10.0 Å². The molecule has 0 saturated heterocycles. The first kappa shape index (κ1) is 7.72. The first-order valence-corrected chi connectivity index (χ1v) is 3.47. The van der Waals surface area contributed by atoms with Crippen molar-refractivity contribution >= 4 is 28.5 Å². The molecule has 5 heteroatoms. The molecule has 0 unspecified atom stereocenters. The fourth-order valence-corrected chi connectivity index (χ4v) is 1.05. The zero-order valence-corrected chi connectivity index (χ0v) is 6.62. The second kappa shape index (κ2) is 3.14. The average Bonchev–Trinajstić information content (AvgIpc) is 1.88. The fourth-order valence-electron chi connectivity index (χ4n) is 0.591. The van der Waals surface area contributed by atoms with E-state index in [4.69, 9.17) is 10.0 Å². The molecule has 1 aromatic heterocycles. The molecule has 0 aliphatic carbocycles. The Morgan fingerprint density at radius 1 is 1.50 bits per heavy atom. The fraction of sp³-hybridized carbons (Fsp3) is 0. The van der Waals surface area contributed by atoms with Crippen LogP contribution >= 0.6 is 15.9 Å². The normalized spacial score (nSPS) is 9.50. The van der Waals surface area contributed by atoms with E-state index in [2.05, 4.69) is 20.9 Å². The van der Waals surface area contributed by atoms with Crippen molar-refractivity contribution in [3.63, 3.8) is 0 Å². The van der Waals surface area contributed by atoms with Crippen molar-refractivity contribution in [3.05, 3.63) is 22.9 Å². The predicted octanol–water partition coefficient (Wildman–Crippen LogP) is -0.476. The Labute approximate surface area is 67.0 Å². The molecular weight excluding hydrogens is 197 g/mol. The third-order valence-corrected chi connectivity index (χ3v) is 1.73. The van der Waals surface area contributed by atoms with Crippen molar-refractivity contribution in [3.8, 4) is 0 Å². The van der Waals surface area contributed by atoms with Gasteiger partial charge in [0.25, 0.3) is 0 Å². The summed E-state index contributed by atoms with van der Waals surface area (Å²) in [6.45, 7) is 0. The van der Waals surface area contributed by atoms with Crippen LogP contribution in [0.3, 0.4) is 0 Å². The molecule has 52 valence electrons. The number of rotatable bonds is 1. The first-order chi connectivity index (χ1) is 4.72. The highest BCUT2D eigenvalue weighted by atomic mass is 79.9. The maximum atomic E-state index is 8.69. The number of pyridine rings is 1. The van der Waals surface area contributed by atoms with Crippen molar-refractivity contribution in [2.75, 3.05) is 0 Å². The molecule has 0 radical (unpaired) electrons. The average molecular weight is 202 g/mol. The zero-order valence-electron chi connectivity index (χ0n) is 5.03. The van der Waals surface area contributed by atoms with Gasteiger partial charge in [0.2, 0.25) is 0 Å². The molecule has 0 aromatic carbocycles. The Morgan fingerprint density at radius 3 is 2.60 bits per heavy atom. The van der Waals surface area contributed by atoms with Gasteiger partial charge in [0.15, 0.2) is 0 Å². The summed E-state index contributed by atoms with van der Waals surface area (Å²) in [6, 6.07) is 3.22. The van der Waals surface area contributed by atoms with E-state index in [1.54, 1.807) is 18.3 Å². The highest BCUT2D eigenvalue weighted by Gasteiger charge is 2.13. The van der Waals surface area contributed by atoms with Gasteiger partial charge in [-0.1, -0.05) is 6.07 Å². The number of halogens is 1. The quantitative estimate of drug-likeness (QED) is 0.477. The SMILES string of the molecule is OB(O)c1cccnc1Br. The summed E-state index contributed by atoms with van der Waals surface area (Å²) in [5.41, 5.74) is 0.377. The van der Waals surface area contributed by atoms with Crippen LogP contribution in [0.1, 0.15) is 0 Å². The van der Waals surface area contributed by atoms with Gasteiger partial charge in [0, 0.05) is 11.7 Å². The highest BCUT2D eigenvalue weighted by Crippen LogP contribution is 1.99. The monoisotopic (exact) mass is 201 g/mol. The molecule has 0 bridgehead atoms. The molecule has 2 N–H and O–H groups in total. The number of aromatic nitrogens is 1. The molecule has 0 atom stereocenters. The summed E-state index contributed by atoms with van der Waals surface area (Å²) in [7, 11) is -1.46. The molecule has 10 heavy (non-hydrogen) atoms. The lowest BCUT2D eigenvalue weighted by Crippen LogP contribution is -2.31. The van der Waals surface area contributed by atoms with Gasteiger partial charge < -0.3 is 10.0 Å². The lowest BCUT2D eigenvalue weighted by Gasteiger charge is -1.98. The molecule has 0 spiro atoms. The molecule has 0 saturated carbocycles. The van der Waals surface area contributed by atoms with Crippen LogP contribution in [0.15, 0.2) is 22.9 Å². The van der Waals surface area contributed by atoms with Crippen LogP contribution in [0.2, 0.25) is 0 Å². The van der Waals surface area contributed by atoms with E-state index < -0.39 is 7.12 Å². The van der Waals surface area contributed by atoms with Gasteiger partial charge in [-0.2, -0.15) is 0 Å². The van der Waals surface area contributed by atoms with E-state index in [0.717, 1.165) is 0 Å². The molecule has 0 amide bonds. The summed E-state index contributed by atoms with van der Waals surface area (Å²) < 4.78 is 0.463. The van der Waals surface area contributed by atoms with Crippen molar-refractivity contribution in [2.24, 2.45) is 0 Å². The van der Waals surface area contributed by atoms with Crippen LogP contribution in [-0.2, 0) is 0 Å². The molecule has 1 aromatic rings. The van der Waals surface area contributed by atoms with E-state index in [-0.39, 0.29) is 0 Å². The maximum Gasteiger partial charge on any atom is 0.491 e. The summed E-state index contributed by atoms with van der Waals surface area (Å²) in [6.07, 6.45) is 1.57. The molecule has 0 aliphatic rings. The van der Waals surface area contributed by atoms with Crippen molar-refractivity contribution in [1.82, 2.24) is 4.98 Å². The van der Waals surface area contributed by atoms with Crippen LogP contribution in [0, 0.1) is 0 Å². The Balaban J connectivity index is 3.03. The summed E-state index contributed by atoms with van der Waals surface area (Å²) in [4.78, 5) is 3.80. The standard InChI is InChI=1S/C5H5BBrNO2/c7-5-4(6(9)10)2-1-3-8-5/h1-3,9-10H. The van der Waals surface area contributed by atoms with E-state index in [0.29, 0.717) is 10.1 Å². The topological polar surface area (TPSA) is 53.4 Å². The van der Waals surface area contributed by atoms with Crippen LogP contribution in [0.25, 0.3) is 0 Å². The Morgan fingerprint density at radius 2 is 2.20 bits per heavy atom. The third kappa shape index (κ3) is 1.56. The van der Waals surface area contributed by atoms with Crippen LogP contribution < -0.4 is 5.46 Å². The van der Waals surface area contributed by atoms with Crippen LogP contribution in [0.4, 0.5) is 0 Å². The molecule has 1 rings (SSSR count). The lowest BCUT2D eigenvalue weighted by molar-refractivity contribution is 0.425. The minimum absolute atomic E-state index is 0.377. The molecule has 0 aliphatic heterocycles. The third-order valence-electron chi connectivity index (χ3n) is 1.07. The second-order valence-electron chi connectivity index (χ2n) is 1.76. The Hall–Kier alpha value is -0.385. The predicted molar refractivity (Wildman–Crippen MR) is 41.8 cm³/mol. The number of hydrogen-bond acceptors (Lipinski definition) is 3. The van der Waals surface area contributed by atoms with E-state index in [1.165, 1.54) is 0 Å². The zero-order chi connectivity index (χ0) is 7.56. The minimum Gasteiger partial charge on any atom is -0.423 e. The van der Waals surface area contributed by atoms with Gasteiger partial charge in [-0.3, -0.25) is 0 Å². The Bertz CT molecular complexity index is 231. The minimum atomic E-state index is -1.46. The maximum absolute atomic E-state index is 8.69. The summed E-state index contributed by atoms with van der Waals surface area (Å²) in [5, 5.41) is 17.4. The molecule has 3 nitrogen and oxygen atoms in total. The van der Waals surface area contributed by atoms with E-state index in [1.807, 2.05) is 0 Å². The molecular formula is C5H5BBrNO2. The second-order valence-corrected chi connectivity index (χ2v) is 2.51. The highest BCUT2D eigenvalue weighted by molar-refractivity contribution is 9.10. The number of nitrogens with zero attached hydrogens (tertiary/aromatic N) is 1. The largest absolute Gasteiger partial charge is 0.491 e.